The van der Waals surface area contributed by atoms with Crippen molar-refractivity contribution in [1.29, 1.82) is 0 Å². The number of carbonyl (C=O) groups excluding carboxylic acids is 5. The van der Waals surface area contributed by atoms with Crippen molar-refractivity contribution in [2.45, 2.75) is 99.9 Å². The number of fused-ring (bicyclic) bond motifs is 3. The Morgan fingerprint density at radius 3 is 2.58 bits per heavy atom. The van der Waals surface area contributed by atoms with Crippen LogP contribution >= 0.6 is 0 Å². The minimum atomic E-state index is -3.90. The Hall–Kier alpha value is -4.40. The fourth-order valence-corrected chi connectivity index (χ4v) is 9.16. The fourth-order valence-electron chi connectivity index (χ4n) is 7.79. The fraction of sp³-hybridized carbons (Fsp3) is 0.571. The second-order valence-electron chi connectivity index (χ2n) is 14.3. The second-order valence-corrected chi connectivity index (χ2v) is 16.2. The zero-order chi connectivity index (χ0) is 35.2. The van der Waals surface area contributed by atoms with E-state index in [1.165, 1.54) is 11.0 Å². The van der Waals surface area contributed by atoms with Gasteiger partial charge in [-0.25, -0.2) is 18.0 Å². The summed E-state index contributed by atoms with van der Waals surface area (Å²) in [4.78, 5) is 71.4. The van der Waals surface area contributed by atoms with Crippen LogP contribution < -0.4 is 15.4 Å². The molecule has 5 amide bonds. The number of ether oxygens (including phenoxy) is 2. The van der Waals surface area contributed by atoms with E-state index >= 15 is 0 Å². The zero-order valence-corrected chi connectivity index (χ0v) is 28.6. The highest BCUT2D eigenvalue weighted by Crippen LogP contribution is 2.45. The standard InChI is InChI=1S/C35H43N5O9S/c1-2-24-17-35(24,32(43)38-50(46,47)26-13-14-26)37-30(41)28-16-25-19-40(28)31(42)29(22-9-3-4-10-22)36-33(44)48-15-6-5-8-21-11-7-12-23-18-39(20-27(21)23)34(45)49-25/h2,5,7-8,11-12,22,24-26,28-29H,1,3-4,6,9-10,13-20H2,(H,36,44)(H,37,41)(H,38,43)/t24-,25-,28+,29+,35-/m1/s1. The lowest BCUT2D eigenvalue weighted by molar-refractivity contribution is -0.142. The minimum Gasteiger partial charge on any atom is -0.449 e. The topological polar surface area (TPSA) is 181 Å². The molecular weight excluding hydrogens is 666 g/mol. The van der Waals surface area contributed by atoms with Gasteiger partial charge in [-0.15, -0.1) is 6.58 Å². The lowest BCUT2D eigenvalue weighted by Gasteiger charge is -2.32. The van der Waals surface area contributed by atoms with Crippen LogP contribution in [0.3, 0.4) is 0 Å². The molecule has 1 aromatic rings. The summed E-state index contributed by atoms with van der Waals surface area (Å²) < 4.78 is 38.8. The molecule has 7 rings (SSSR count). The first-order valence-electron chi connectivity index (χ1n) is 17.5. The molecule has 4 fully saturated rings. The number of amides is 5. The Morgan fingerprint density at radius 1 is 1.08 bits per heavy atom. The summed E-state index contributed by atoms with van der Waals surface area (Å²) in [6.07, 6.45) is 7.69. The molecule has 4 bridgehead atoms. The summed E-state index contributed by atoms with van der Waals surface area (Å²) in [5.74, 6) is -2.78. The largest absolute Gasteiger partial charge is 0.449 e. The first kappa shape index (κ1) is 34.1. The van der Waals surface area contributed by atoms with Gasteiger partial charge in [-0.1, -0.05) is 49.3 Å². The molecule has 5 atom stereocenters. The van der Waals surface area contributed by atoms with Crippen molar-refractivity contribution in [3.05, 3.63) is 53.6 Å². The highest BCUT2D eigenvalue weighted by atomic mass is 32.2. The van der Waals surface area contributed by atoms with E-state index in [2.05, 4.69) is 21.9 Å². The molecule has 50 heavy (non-hydrogen) atoms. The lowest BCUT2D eigenvalue weighted by atomic mass is 9.96. The Morgan fingerprint density at radius 2 is 1.86 bits per heavy atom. The van der Waals surface area contributed by atoms with Gasteiger partial charge in [0.15, 0.2) is 0 Å². The van der Waals surface area contributed by atoms with Crippen molar-refractivity contribution in [1.82, 2.24) is 25.2 Å². The summed E-state index contributed by atoms with van der Waals surface area (Å²) in [6.45, 7) is 4.38. The molecule has 268 valence electrons. The third-order valence-electron chi connectivity index (χ3n) is 10.9. The predicted octanol–water partition coefficient (Wildman–Crippen LogP) is 2.48. The molecule has 3 saturated carbocycles. The van der Waals surface area contributed by atoms with Crippen molar-refractivity contribution >= 4 is 46.0 Å². The van der Waals surface area contributed by atoms with E-state index in [4.69, 9.17) is 9.47 Å². The van der Waals surface area contributed by atoms with Crippen LogP contribution in [0.4, 0.5) is 9.59 Å². The van der Waals surface area contributed by atoms with Gasteiger partial charge in [-0.3, -0.25) is 24.0 Å². The SMILES string of the molecule is C=C[C@@H]1C[C@]1(NC(=O)[C@@H]1C[C@@H]2CN1C(=O)[C@H](C1CCCC1)NC(=O)OCCC=Cc1cccc3c1CN(C3)C(=O)O2)C(=O)NS(=O)(=O)C1CC1. The van der Waals surface area contributed by atoms with Crippen molar-refractivity contribution in [2.75, 3.05) is 13.2 Å². The Kier molecular flexibility index (Phi) is 9.12. The van der Waals surface area contributed by atoms with Gasteiger partial charge in [-0.05, 0) is 61.1 Å². The number of carbonyl (C=O) groups is 5. The molecule has 3 aliphatic carbocycles. The molecule has 0 radical (unpaired) electrons. The molecule has 3 aliphatic heterocycles. The van der Waals surface area contributed by atoms with Crippen molar-refractivity contribution in [3.8, 4) is 0 Å². The number of hydrogen-bond donors (Lipinski definition) is 3. The number of rotatable bonds is 7. The van der Waals surface area contributed by atoms with Crippen molar-refractivity contribution < 1.29 is 41.9 Å². The van der Waals surface area contributed by atoms with Gasteiger partial charge in [0.25, 0.3) is 5.91 Å². The highest BCUT2D eigenvalue weighted by Gasteiger charge is 2.62. The smallest absolute Gasteiger partial charge is 0.410 e. The maximum Gasteiger partial charge on any atom is 0.410 e. The van der Waals surface area contributed by atoms with Gasteiger partial charge < -0.3 is 25.0 Å². The van der Waals surface area contributed by atoms with Crippen LogP contribution in [-0.4, -0.2) is 90.3 Å². The van der Waals surface area contributed by atoms with E-state index in [1.807, 2.05) is 30.4 Å². The van der Waals surface area contributed by atoms with Crippen LogP contribution in [-0.2, 0) is 47.0 Å². The quantitative estimate of drug-likeness (QED) is 0.359. The number of cyclic esters (lactones) is 1. The van der Waals surface area contributed by atoms with Crippen LogP contribution in [0, 0.1) is 11.8 Å². The molecular formula is C35H43N5O9S. The summed E-state index contributed by atoms with van der Waals surface area (Å²) in [5, 5.41) is 4.88. The summed E-state index contributed by atoms with van der Waals surface area (Å²) in [7, 11) is -3.90. The van der Waals surface area contributed by atoms with Gasteiger partial charge in [0.05, 0.1) is 24.9 Å². The lowest BCUT2D eigenvalue weighted by Crippen LogP contribution is -2.59. The van der Waals surface area contributed by atoms with Gasteiger partial charge in [0.2, 0.25) is 21.8 Å². The van der Waals surface area contributed by atoms with Crippen LogP contribution in [0.2, 0.25) is 0 Å². The zero-order valence-electron chi connectivity index (χ0n) is 27.8. The Labute approximate surface area is 291 Å². The Bertz CT molecular complexity index is 1740. The molecule has 6 aliphatic rings. The monoisotopic (exact) mass is 709 g/mol. The molecule has 15 heteroatoms. The van der Waals surface area contributed by atoms with Gasteiger partial charge in [0, 0.05) is 18.9 Å². The first-order chi connectivity index (χ1) is 24.0. The van der Waals surface area contributed by atoms with Gasteiger partial charge >= 0.3 is 12.2 Å². The summed E-state index contributed by atoms with van der Waals surface area (Å²) >= 11 is 0. The molecule has 0 unspecified atom stereocenters. The van der Waals surface area contributed by atoms with Gasteiger partial charge in [-0.2, -0.15) is 0 Å². The van der Waals surface area contributed by atoms with Crippen LogP contribution in [0.25, 0.3) is 6.08 Å². The number of nitrogens with one attached hydrogen (secondary N) is 3. The molecule has 14 nitrogen and oxygen atoms in total. The third-order valence-corrected chi connectivity index (χ3v) is 12.7. The molecule has 1 aromatic carbocycles. The number of alkyl carbamates (subject to hydrolysis) is 1. The van der Waals surface area contributed by atoms with Gasteiger partial charge in [0.1, 0.15) is 23.7 Å². The highest BCUT2D eigenvalue weighted by molar-refractivity contribution is 7.91. The van der Waals surface area contributed by atoms with Crippen molar-refractivity contribution in [2.24, 2.45) is 11.8 Å². The van der Waals surface area contributed by atoms with E-state index in [1.54, 1.807) is 4.90 Å². The van der Waals surface area contributed by atoms with E-state index in [0.29, 0.717) is 45.2 Å². The average molecular weight is 710 g/mol. The number of nitrogens with zero attached hydrogens (tertiary/aromatic N) is 2. The maximum absolute atomic E-state index is 14.4. The van der Waals surface area contributed by atoms with E-state index in [9.17, 15) is 32.4 Å². The first-order valence-corrected chi connectivity index (χ1v) is 19.0. The summed E-state index contributed by atoms with van der Waals surface area (Å²) in [5.41, 5.74) is 1.34. The number of benzene rings is 1. The van der Waals surface area contributed by atoms with Crippen LogP contribution in [0.15, 0.2) is 36.9 Å². The number of hydrogen-bond acceptors (Lipinski definition) is 9. The number of sulfonamides is 1. The Balaban J connectivity index is 1.16. The third kappa shape index (κ3) is 6.71. The van der Waals surface area contributed by atoms with Crippen LogP contribution in [0.5, 0.6) is 0 Å². The van der Waals surface area contributed by atoms with E-state index in [-0.39, 0.29) is 31.9 Å². The maximum atomic E-state index is 14.4. The van der Waals surface area contributed by atoms with Crippen LogP contribution in [0.1, 0.15) is 74.5 Å². The molecule has 0 aromatic heterocycles. The van der Waals surface area contributed by atoms with Crippen molar-refractivity contribution in [3.63, 3.8) is 0 Å². The normalized spacial score (nSPS) is 30.1. The molecule has 3 N–H and O–H groups in total. The predicted molar refractivity (Wildman–Crippen MR) is 179 cm³/mol. The van der Waals surface area contributed by atoms with E-state index < -0.39 is 74.8 Å². The average Bonchev–Trinajstić information content (AvgIpc) is 3.86. The molecule has 3 heterocycles. The second kappa shape index (κ2) is 13.4. The van der Waals surface area contributed by atoms with E-state index in [0.717, 1.165) is 29.5 Å². The molecule has 1 saturated heterocycles. The minimum absolute atomic E-state index is 0.0588. The molecule has 0 spiro atoms. The summed E-state index contributed by atoms with van der Waals surface area (Å²) in [6, 6.07) is 3.65.